The van der Waals surface area contributed by atoms with Gasteiger partial charge in [0.15, 0.2) is 0 Å². The van der Waals surface area contributed by atoms with E-state index in [1.807, 2.05) is 0 Å². The number of fused-ring (bicyclic) bond motifs is 3. The molecule has 0 radical (unpaired) electrons. The van der Waals surface area contributed by atoms with Gasteiger partial charge in [0.25, 0.3) is 0 Å². The fourth-order valence-corrected chi connectivity index (χ4v) is 2.53. The van der Waals surface area contributed by atoms with E-state index in [4.69, 9.17) is 12.2 Å². The lowest BCUT2D eigenvalue weighted by Crippen LogP contribution is -2.17. The predicted octanol–water partition coefficient (Wildman–Crippen LogP) is 3.63. The Balaban J connectivity index is 2.16. The maximum absolute atomic E-state index is 5.43. The molecule has 2 aliphatic rings. The highest BCUT2D eigenvalue weighted by molar-refractivity contribution is 7.82. The van der Waals surface area contributed by atoms with Crippen LogP contribution < -0.4 is 0 Å². The number of hydrogen-bond donors (Lipinski definition) is 0. The molecule has 0 fully saturated rings. The third-order valence-electron chi connectivity index (χ3n) is 3.02. The van der Waals surface area contributed by atoms with Crippen LogP contribution in [0, 0.1) is 0 Å². The quantitative estimate of drug-likeness (QED) is 0.574. The molecular weight excluding hydrogens is 188 g/mol. The minimum Gasteiger partial charge on any atom is -0.0791 e. The van der Waals surface area contributed by atoms with Gasteiger partial charge < -0.3 is 0 Å². The van der Waals surface area contributed by atoms with Crippen LogP contribution in [0.5, 0.6) is 0 Å². The van der Waals surface area contributed by atoms with Gasteiger partial charge in [-0.3, -0.25) is 0 Å². The molecule has 0 unspecified atom stereocenters. The molecule has 0 bridgehead atoms. The SMILES string of the molecule is CC1=CCC2=C(C1=S)c1ccccc12. The predicted molar refractivity (Wildman–Crippen MR) is 64.2 cm³/mol. The monoisotopic (exact) mass is 198 g/mol. The molecule has 1 aromatic carbocycles. The van der Waals surface area contributed by atoms with Gasteiger partial charge in [0, 0.05) is 10.4 Å². The van der Waals surface area contributed by atoms with Crippen molar-refractivity contribution in [3.63, 3.8) is 0 Å². The molecule has 0 aromatic heterocycles. The van der Waals surface area contributed by atoms with Crippen LogP contribution in [0.15, 0.2) is 35.9 Å². The molecule has 0 saturated heterocycles. The summed E-state index contributed by atoms with van der Waals surface area (Å²) >= 11 is 5.43. The lowest BCUT2D eigenvalue weighted by Gasteiger charge is -2.31. The lowest BCUT2D eigenvalue weighted by atomic mass is 9.73. The van der Waals surface area contributed by atoms with Crippen LogP contribution >= 0.6 is 12.2 Å². The van der Waals surface area contributed by atoms with Crippen LogP contribution in [-0.4, -0.2) is 4.86 Å². The molecule has 0 heterocycles. The first-order chi connectivity index (χ1) is 6.79. The van der Waals surface area contributed by atoms with Crippen molar-refractivity contribution >= 4 is 28.2 Å². The van der Waals surface area contributed by atoms with E-state index in [0.717, 1.165) is 11.3 Å². The second-order valence-electron chi connectivity index (χ2n) is 3.82. The summed E-state index contributed by atoms with van der Waals surface area (Å²) in [5.41, 5.74) is 6.77. The molecule has 0 amide bonds. The minimum absolute atomic E-state index is 1.05. The molecule has 3 rings (SSSR count). The molecule has 0 saturated carbocycles. The van der Waals surface area contributed by atoms with E-state index in [1.165, 1.54) is 27.8 Å². The van der Waals surface area contributed by atoms with E-state index in [-0.39, 0.29) is 0 Å². The minimum atomic E-state index is 1.05. The summed E-state index contributed by atoms with van der Waals surface area (Å²) in [6.07, 6.45) is 3.29. The van der Waals surface area contributed by atoms with Crippen LogP contribution in [0.25, 0.3) is 11.1 Å². The van der Waals surface area contributed by atoms with Gasteiger partial charge in [-0.1, -0.05) is 42.6 Å². The summed E-state index contributed by atoms with van der Waals surface area (Å²) < 4.78 is 0. The highest BCUT2D eigenvalue weighted by atomic mass is 32.1. The fourth-order valence-electron chi connectivity index (χ4n) is 2.22. The molecule has 0 spiro atoms. The molecule has 0 atom stereocenters. The Morgan fingerprint density at radius 1 is 1.14 bits per heavy atom. The van der Waals surface area contributed by atoms with Gasteiger partial charge >= 0.3 is 0 Å². The van der Waals surface area contributed by atoms with Crippen molar-refractivity contribution < 1.29 is 0 Å². The molecule has 0 aliphatic heterocycles. The van der Waals surface area contributed by atoms with Crippen molar-refractivity contribution in [1.82, 2.24) is 0 Å². The van der Waals surface area contributed by atoms with Crippen molar-refractivity contribution in [3.8, 4) is 0 Å². The largest absolute Gasteiger partial charge is 0.0791 e. The van der Waals surface area contributed by atoms with Crippen LogP contribution in [0.3, 0.4) is 0 Å². The van der Waals surface area contributed by atoms with Gasteiger partial charge in [-0.15, -0.1) is 0 Å². The van der Waals surface area contributed by atoms with Gasteiger partial charge in [0.05, 0.1) is 0 Å². The topological polar surface area (TPSA) is 0 Å². The number of thiocarbonyl (C=S) groups is 1. The number of allylic oxidation sites excluding steroid dienone is 4. The molecule has 68 valence electrons. The number of hydrogen-bond acceptors (Lipinski definition) is 1. The molecule has 14 heavy (non-hydrogen) atoms. The average Bonchev–Trinajstić information content (AvgIpc) is 2.18. The van der Waals surface area contributed by atoms with Crippen LogP contribution in [-0.2, 0) is 0 Å². The first kappa shape index (κ1) is 8.13. The van der Waals surface area contributed by atoms with Gasteiger partial charge in [-0.2, -0.15) is 0 Å². The van der Waals surface area contributed by atoms with Crippen molar-refractivity contribution in [2.24, 2.45) is 0 Å². The van der Waals surface area contributed by atoms with Crippen molar-refractivity contribution in [3.05, 3.63) is 47.0 Å². The zero-order valence-electron chi connectivity index (χ0n) is 8.00. The first-order valence-corrected chi connectivity index (χ1v) is 5.24. The number of rotatable bonds is 0. The number of benzene rings is 1. The van der Waals surface area contributed by atoms with Gasteiger partial charge in [0.2, 0.25) is 0 Å². The van der Waals surface area contributed by atoms with Gasteiger partial charge in [0.1, 0.15) is 0 Å². The third kappa shape index (κ3) is 0.854. The molecular formula is C13H10S. The molecule has 1 heteroatoms. The van der Waals surface area contributed by atoms with E-state index in [9.17, 15) is 0 Å². The molecule has 0 N–H and O–H groups in total. The average molecular weight is 198 g/mol. The van der Waals surface area contributed by atoms with Crippen molar-refractivity contribution in [1.29, 1.82) is 0 Å². The molecule has 2 aliphatic carbocycles. The molecule has 1 aromatic rings. The fraction of sp³-hybridized carbons (Fsp3) is 0.154. The Kier molecular flexibility index (Phi) is 1.53. The summed E-state index contributed by atoms with van der Waals surface area (Å²) in [4.78, 5) is 1.05. The van der Waals surface area contributed by atoms with E-state index < -0.39 is 0 Å². The third-order valence-corrected chi connectivity index (χ3v) is 3.55. The van der Waals surface area contributed by atoms with Crippen LogP contribution in [0.4, 0.5) is 0 Å². The van der Waals surface area contributed by atoms with Gasteiger partial charge in [-0.05, 0) is 35.6 Å². The highest BCUT2D eigenvalue weighted by Gasteiger charge is 2.29. The Morgan fingerprint density at radius 2 is 1.86 bits per heavy atom. The summed E-state index contributed by atoms with van der Waals surface area (Å²) in [6, 6.07) is 8.53. The van der Waals surface area contributed by atoms with Gasteiger partial charge in [-0.25, -0.2) is 0 Å². The Labute approximate surface area is 89.0 Å². The lowest BCUT2D eigenvalue weighted by molar-refractivity contribution is 1.30. The Hall–Kier alpha value is -1.21. The first-order valence-electron chi connectivity index (χ1n) is 4.83. The zero-order chi connectivity index (χ0) is 9.71. The molecule has 0 nitrogen and oxygen atoms in total. The standard InChI is InChI=1S/C13H10S/c1-8-6-7-11-9-4-2-3-5-10(9)12(11)13(8)14/h2-6H,7H2,1H3. The van der Waals surface area contributed by atoms with Crippen LogP contribution in [0.1, 0.15) is 24.5 Å². The second-order valence-corrected chi connectivity index (χ2v) is 4.23. The summed E-state index contributed by atoms with van der Waals surface area (Å²) in [5.74, 6) is 0. The van der Waals surface area contributed by atoms with Crippen molar-refractivity contribution in [2.45, 2.75) is 13.3 Å². The summed E-state index contributed by atoms with van der Waals surface area (Å²) in [5, 5.41) is 0. The Morgan fingerprint density at radius 3 is 2.64 bits per heavy atom. The van der Waals surface area contributed by atoms with E-state index >= 15 is 0 Å². The van der Waals surface area contributed by atoms with Crippen molar-refractivity contribution in [2.75, 3.05) is 0 Å². The second kappa shape index (κ2) is 2.64. The maximum atomic E-state index is 5.43. The summed E-state index contributed by atoms with van der Waals surface area (Å²) in [7, 11) is 0. The maximum Gasteiger partial charge on any atom is 0.0484 e. The zero-order valence-corrected chi connectivity index (χ0v) is 8.82. The van der Waals surface area contributed by atoms with E-state index in [0.29, 0.717) is 0 Å². The smallest absolute Gasteiger partial charge is 0.0484 e. The summed E-state index contributed by atoms with van der Waals surface area (Å²) in [6.45, 7) is 2.10. The normalized spacial score (nSPS) is 18.4. The Bertz CT molecular complexity index is 504. The van der Waals surface area contributed by atoms with Crippen LogP contribution in [0.2, 0.25) is 0 Å². The van der Waals surface area contributed by atoms with E-state index in [1.54, 1.807) is 0 Å². The van der Waals surface area contributed by atoms with E-state index in [2.05, 4.69) is 37.3 Å². The highest BCUT2D eigenvalue weighted by Crippen LogP contribution is 2.46.